The highest BCUT2D eigenvalue weighted by Crippen LogP contribution is 2.24. The number of ether oxygens (including phenoxy) is 2. The van der Waals surface area contributed by atoms with Crippen LogP contribution in [0.4, 0.5) is 5.69 Å². The van der Waals surface area contributed by atoms with Crippen molar-refractivity contribution in [2.24, 2.45) is 0 Å². The Morgan fingerprint density at radius 2 is 2.07 bits per heavy atom. The molecule has 1 aromatic carbocycles. The maximum absolute atomic E-state index is 12.7. The number of nitrogens with one attached hydrogen (secondary N) is 1. The fraction of sp³-hybridized carbons (Fsp3) is 0.368. The molecule has 0 amide bonds. The summed E-state index contributed by atoms with van der Waals surface area (Å²) in [6, 6.07) is 7.88. The normalized spacial score (nSPS) is 16.3. The minimum atomic E-state index is -0.750. The number of hydrogen-bond donors (Lipinski definition) is 1. The minimum absolute atomic E-state index is 0.138. The lowest BCUT2D eigenvalue weighted by Gasteiger charge is -2.16. The molecule has 0 unspecified atom stereocenters. The van der Waals surface area contributed by atoms with Crippen LogP contribution in [0, 0.1) is 0 Å². The second kappa shape index (κ2) is 8.03. The van der Waals surface area contributed by atoms with Crippen molar-refractivity contribution in [3.63, 3.8) is 0 Å². The molecule has 0 saturated heterocycles. The average molecular weight is 371 g/mol. The van der Waals surface area contributed by atoms with Gasteiger partial charge in [-0.25, -0.2) is 14.6 Å². The van der Waals surface area contributed by atoms with E-state index in [9.17, 15) is 14.4 Å². The molecular formula is C19H21N3O5. The summed E-state index contributed by atoms with van der Waals surface area (Å²) < 4.78 is 11.4. The Kier molecular flexibility index (Phi) is 5.54. The largest absolute Gasteiger partial charge is 0.467 e. The van der Waals surface area contributed by atoms with Crippen molar-refractivity contribution < 1.29 is 19.1 Å². The van der Waals surface area contributed by atoms with Crippen molar-refractivity contribution in [3.8, 4) is 0 Å². The van der Waals surface area contributed by atoms with E-state index in [1.807, 2.05) is 30.3 Å². The van der Waals surface area contributed by atoms with Crippen LogP contribution in [0.5, 0.6) is 0 Å². The number of carbonyl (C=O) groups excluding carboxylic acids is 2. The number of methoxy groups -OCH3 is 1. The second-order valence-corrected chi connectivity index (χ2v) is 6.30. The first-order valence-electron chi connectivity index (χ1n) is 8.66. The van der Waals surface area contributed by atoms with Crippen molar-refractivity contribution in [1.29, 1.82) is 0 Å². The molecule has 0 fully saturated rings. The number of rotatable bonds is 6. The van der Waals surface area contributed by atoms with Crippen LogP contribution in [0.25, 0.3) is 0 Å². The third-order valence-electron chi connectivity index (χ3n) is 4.45. The standard InChI is InChI=1S/C19H21N3O5/c1-12(18(24)27-11-13-6-4-3-5-7-13)21-14-10-20-16-9-8-15(19(25)26-2)22(16)17(14)23/h3-7,10,12,15,21H,8-9,11H2,1-2H3/t12-,15+/m1/s1. The highest BCUT2D eigenvalue weighted by molar-refractivity contribution is 5.79. The summed E-state index contributed by atoms with van der Waals surface area (Å²) in [5.41, 5.74) is 0.604. The summed E-state index contributed by atoms with van der Waals surface area (Å²) in [5, 5.41) is 2.83. The molecule has 0 aliphatic carbocycles. The molecule has 8 nitrogen and oxygen atoms in total. The fourth-order valence-electron chi connectivity index (χ4n) is 3.01. The van der Waals surface area contributed by atoms with Gasteiger partial charge in [-0.1, -0.05) is 30.3 Å². The predicted molar refractivity (Wildman–Crippen MR) is 97.2 cm³/mol. The predicted octanol–water partition coefficient (Wildman–Crippen LogP) is 1.45. The van der Waals surface area contributed by atoms with E-state index in [2.05, 4.69) is 10.3 Å². The Morgan fingerprint density at radius 1 is 1.33 bits per heavy atom. The second-order valence-electron chi connectivity index (χ2n) is 6.30. The first-order valence-corrected chi connectivity index (χ1v) is 8.66. The Bertz CT molecular complexity index is 894. The summed E-state index contributed by atoms with van der Waals surface area (Å²) in [4.78, 5) is 41.0. The number of anilines is 1. The first-order chi connectivity index (χ1) is 13.0. The third-order valence-corrected chi connectivity index (χ3v) is 4.45. The number of aromatic nitrogens is 2. The van der Waals surface area contributed by atoms with E-state index in [0.717, 1.165) is 5.56 Å². The zero-order valence-electron chi connectivity index (χ0n) is 15.2. The van der Waals surface area contributed by atoms with Gasteiger partial charge in [-0.2, -0.15) is 0 Å². The molecule has 2 aromatic rings. The maximum Gasteiger partial charge on any atom is 0.329 e. The lowest BCUT2D eigenvalue weighted by atomic mass is 10.2. The number of esters is 2. The molecule has 1 aliphatic rings. The highest BCUT2D eigenvalue weighted by atomic mass is 16.5. The zero-order valence-corrected chi connectivity index (χ0v) is 15.2. The SMILES string of the molecule is COC(=O)[C@@H]1CCc2ncc(N[C@H](C)C(=O)OCc3ccccc3)c(=O)n21. The molecule has 0 radical (unpaired) electrons. The van der Waals surface area contributed by atoms with Crippen LogP contribution in [0.2, 0.25) is 0 Å². The minimum Gasteiger partial charge on any atom is -0.467 e. The van der Waals surface area contributed by atoms with Crippen molar-refractivity contribution in [2.75, 3.05) is 12.4 Å². The van der Waals surface area contributed by atoms with Gasteiger partial charge in [0.05, 0.1) is 13.3 Å². The number of nitrogens with zero attached hydrogens (tertiary/aromatic N) is 2. The number of aryl methyl sites for hydroxylation is 1. The van der Waals surface area contributed by atoms with Crippen LogP contribution in [0.15, 0.2) is 41.3 Å². The summed E-state index contributed by atoms with van der Waals surface area (Å²) in [5.74, 6) is -0.446. The maximum atomic E-state index is 12.7. The van der Waals surface area contributed by atoms with Crippen LogP contribution in [-0.4, -0.2) is 34.6 Å². The number of fused-ring (bicyclic) bond motifs is 1. The summed E-state index contributed by atoms with van der Waals surface area (Å²) in [6.45, 7) is 1.75. The third kappa shape index (κ3) is 3.99. The molecule has 27 heavy (non-hydrogen) atoms. The molecule has 1 N–H and O–H groups in total. The monoisotopic (exact) mass is 371 g/mol. The molecule has 3 rings (SSSR count). The molecule has 8 heteroatoms. The number of hydrogen-bond acceptors (Lipinski definition) is 7. The van der Waals surface area contributed by atoms with Crippen LogP contribution in [0.1, 0.15) is 30.8 Å². The van der Waals surface area contributed by atoms with E-state index in [1.54, 1.807) is 6.92 Å². The quantitative estimate of drug-likeness (QED) is 0.767. The molecular weight excluding hydrogens is 350 g/mol. The van der Waals surface area contributed by atoms with Crippen LogP contribution in [-0.2, 0) is 32.1 Å². The van der Waals surface area contributed by atoms with Gasteiger partial charge in [-0.3, -0.25) is 9.36 Å². The molecule has 2 heterocycles. The summed E-state index contributed by atoms with van der Waals surface area (Å²) in [7, 11) is 1.28. The van der Waals surface area contributed by atoms with E-state index in [4.69, 9.17) is 9.47 Å². The van der Waals surface area contributed by atoms with Crippen LogP contribution < -0.4 is 10.9 Å². The lowest BCUT2D eigenvalue weighted by Crippen LogP contribution is -2.35. The fourth-order valence-corrected chi connectivity index (χ4v) is 3.01. The highest BCUT2D eigenvalue weighted by Gasteiger charge is 2.32. The molecule has 0 spiro atoms. The van der Waals surface area contributed by atoms with Gasteiger partial charge in [-0.15, -0.1) is 0 Å². The van der Waals surface area contributed by atoms with Gasteiger partial charge in [0, 0.05) is 6.42 Å². The molecule has 0 saturated carbocycles. The number of carbonyl (C=O) groups is 2. The van der Waals surface area contributed by atoms with Crippen molar-refractivity contribution in [1.82, 2.24) is 9.55 Å². The molecule has 1 aromatic heterocycles. The molecule has 2 atom stereocenters. The van der Waals surface area contributed by atoms with E-state index in [1.165, 1.54) is 17.9 Å². The van der Waals surface area contributed by atoms with Gasteiger partial charge in [0.2, 0.25) is 0 Å². The first kappa shape index (κ1) is 18.6. The van der Waals surface area contributed by atoms with E-state index < -0.39 is 29.6 Å². The van der Waals surface area contributed by atoms with E-state index in [0.29, 0.717) is 18.7 Å². The zero-order chi connectivity index (χ0) is 19.4. The van der Waals surface area contributed by atoms with E-state index in [-0.39, 0.29) is 12.3 Å². The van der Waals surface area contributed by atoms with E-state index >= 15 is 0 Å². The van der Waals surface area contributed by atoms with Crippen molar-refractivity contribution >= 4 is 17.6 Å². The van der Waals surface area contributed by atoms with Crippen LogP contribution >= 0.6 is 0 Å². The van der Waals surface area contributed by atoms with Gasteiger partial charge in [0.15, 0.2) is 0 Å². The van der Waals surface area contributed by atoms with Gasteiger partial charge >= 0.3 is 11.9 Å². The van der Waals surface area contributed by atoms with Crippen LogP contribution in [0.3, 0.4) is 0 Å². The molecule has 142 valence electrons. The lowest BCUT2D eigenvalue weighted by molar-refractivity contribution is -0.146. The smallest absolute Gasteiger partial charge is 0.329 e. The topological polar surface area (TPSA) is 99.5 Å². The van der Waals surface area contributed by atoms with Crippen molar-refractivity contribution in [2.45, 2.75) is 38.5 Å². The Hall–Kier alpha value is -3.16. The average Bonchev–Trinajstić information content (AvgIpc) is 3.13. The summed E-state index contributed by atoms with van der Waals surface area (Å²) >= 11 is 0. The van der Waals surface area contributed by atoms with Gasteiger partial charge in [0.25, 0.3) is 5.56 Å². The molecule has 1 aliphatic heterocycles. The van der Waals surface area contributed by atoms with Gasteiger partial charge in [0.1, 0.15) is 30.2 Å². The van der Waals surface area contributed by atoms with Gasteiger partial charge in [-0.05, 0) is 18.9 Å². The van der Waals surface area contributed by atoms with Crippen molar-refractivity contribution in [3.05, 3.63) is 58.3 Å². The molecule has 0 bridgehead atoms. The van der Waals surface area contributed by atoms with Gasteiger partial charge < -0.3 is 14.8 Å². The Labute approximate surface area is 156 Å². The Morgan fingerprint density at radius 3 is 2.78 bits per heavy atom. The number of benzene rings is 1. The Balaban J connectivity index is 1.69. The summed E-state index contributed by atoms with van der Waals surface area (Å²) in [6.07, 6.45) is 2.37.